The van der Waals surface area contributed by atoms with Gasteiger partial charge in [-0.15, -0.1) is 0 Å². The van der Waals surface area contributed by atoms with Gasteiger partial charge in [-0.05, 0) is 63.0 Å². The van der Waals surface area contributed by atoms with E-state index in [1.807, 2.05) is 39.8 Å². The van der Waals surface area contributed by atoms with Crippen molar-refractivity contribution in [3.8, 4) is 0 Å². The maximum atomic E-state index is 11.0. The van der Waals surface area contributed by atoms with Crippen molar-refractivity contribution in [3.05, 3.63) is 29.3 Å². The fourth-order valence-electron chi connectivity index (χ4n) is 1.52. The lowest BCUT2D eigenvalue weighted by Gasteiger charge is -2.05. The van der Waals surface area contributed by atoms with Crippen LogP contribution in [0.5, 0.6) is 0 Å². The number of amides is 1. The number of ketones is 1. The lowest BCUT2D eigenvalue weighted by atomic mass is 10.1. The number of hydrogen-bond acceptors (Lipinski definition) is 3. The average molecular weight is 322 g/mol. The van der Waals surface area contributed by atoms with Crippen LogP contribution in [0.1, 0.15) is 58.6 Å². The molecule has 0 aromatic heterocycles. The predicted molar refractivity (Wildman–Crippen MR) is 100 cm³/mol. The molecule has 0 heterocycles. The summed E-state index contributed by atoms with van der Waals surface area (Å²) in [7, 11) is 0. The number of anilines is 1. The third-order valence-electron chi connectivity index (χ3n) is 2.94. The summed E-state index contributed by atoms with van der Waals surface area (Å²) < 4.78 is 0. The van der Waals surface area contributed by atoms with E-state index in [9.17, 15) is 9.59 Å². The maximum Gasteiger partial charge on any atom is 0.291 e. The molecule has 0 saturated carbocycles. The Morgan fingerprint density at radius 1 is 0.957 bits per heavy atom. The van der Waals surface area contributed by atoms with Crippen molar-refractivity contribution in [1.29, 1.82) is 0 Å². The van der Waals surface area contributed by atoms with E-state index in [1.54, 1.807) is 6.07 Å². The fourth-order valence-corrected chi connectivity index (χ4v) is 1.52. The number of rotatable bonds is 6. The van der Waals surface area contributed by atoms with Crippen LogP contribution in [0.25, 0.3) is 0 Å². The lowest BCUT2D eigenvalue weighted by Crippen LogP contribution is -2.19. The van der Waals surface area contributed by atoms with Crippen LogP contribution in [-0.4, -0.2) is 24.8 Å². The minimum absolute atomic E-state index is 0.483. The Morgan fingerprint density at radius 2 is 1.48 bits per heavy atom. The first kappa shape index (κ1) is 23.6. The number of carbonyl (C=O) groups is 2. The molecule has 132 valence electrons. The van der Waals surface area contributed by atoms with E-state index in [2.05, 4.69) is 24.5 Å². The summed E-state index contributed by atoms with van der Waals surface area (Å²) in [5.74, 6) is -1.06. The molecule has 0 aliphatic rings. The van der Waals surface area contributed by atoms with Crippen LogP contribution in [0, 0.1) is 13.8 Å². The normalized spacial score (nSPS) is 9.00. The minimum Gasteiger partial charge on any atom is -0.319 e. The second-order valence-electron chi connectivity index (χ2n) is 5.06. The molecule has 1 aromatic carbocycles. The third kappa shape index (κ3) is 12.5. The van der Waals surface area contributed by atoms with Gasteiger partial charge in [-0.3, -0.25) is 9.59 Å². The van der Waals surface area contributed by atoms with Gasteiger partial charge in [-0.1, -0.05) is 33.8 Å². The molecular formula is C19H34N2O2. The third-order valence-corrected chi connectivity index (χ3v) is 2.94. The summed E-state index contributed by atoms with van der Waals surface area (Å²) >= 11 is 0. The average Bonchev–Trinajstić information content (AvgIpc) is 2.54. The van der Waals surface area contributed by atoms with Crippen LogP contribution < -0.4 is 10.6 Å². The van der Waals surface area contributed by atoms with Crippen LogP contribution in [0.3, 0.4) is 0 Å². The first-order chi connectivity index (χ1) is 10.9. The van der Waals surface area contributed by atoms with E-state index in [0.717, 1.165) is 11.1 Å². The summed E-state index contributed by atoms with van der Waals surface area (Å²) in [6, 6.07) is 5.53. The van der Waals surface area contributed by atoms with Gasteiger partial charge in [0.2, 0.25) is 5.78 Å². The Labute approximate surface area is 142 Å². The molecule has 1 amide bonds. The summed E-state index contributed by atoms with van der Waals surface area (Å²) in [5, 5.41) is 5.81. The zero-order valence-electron chi connectivity index (χ0n) is 15.9. The molecule has 4 nitrogen and oxygen atoms in total. The quantitative estimate of drug-likeness (QED) is 0.608. The molecule has 0 saturated heterocycles. The van der Waals surface area contributed by atoms with Gasteiger partial charge in [-0.25, -0.2) is 0 Å². The van der Waals surface area contributed by atoms with Crippen molar-refractivity contribution < 1.29 is 9.59 Å². The Balaban J connectivity index is 0. The molecule has 1 aromatic rings. The molecule has 0 bridgehead atoms. The smallest absolute Gasteiger partial charge is 0.291 e. The predicted octanol–water partition coefficient (Wildman–Crippen LogP) is 4.25. The Kier molecular flexibility index (Phi) is 15.6. The number of carbonyl (C=O) groups excluding carboxylic acids is 2. The van der Waals surface area contributed by atoms with Crippen molar-refractivity contribution in [1.82, 2.24) is 5.32 Å². The topological polar surface area (TPSA) is 58.2 Å². The summed E-state index contributed by atoms with van der Waals surface area (Å²) in [6.07, 6.45) is 2.50. The van der Waals surface area contributed by atoms with Crippen molar-refractivity contribution >= 4 is 17.4 Å². The van der Waals surface area contributed by atoms with Crippen LogP contribution in [0.4, 0.5) is 5.69 Å². The van der Waals surface area contributed by atoms with E-state index in [0.29, 0.717) is 5.69 Å². The van der Waals surface area contributed by atoms with E-state index in [-0.39, 0.29) is 0 Å². The number of benzene rings is 1. The van der Waals surface area contributed by atoms with Crippen molar-refractivity contribution in [2.24, 2.45) is 0 Å². The van der Waals surface area contributed by atoms with E-state index >= 15 is 0 Å². The monoisotopic (exact) mass is 322 g/mol. The van der Waals surface area contributed by atoms with E-state index < -0.39 is 11.7 Å². The van der Waals surface area contributed by atoms with Crippen molar-refractivity contribution in [2.45, 2.75) is 61.3 Å². The first-order valence-electron chi connectivity index (χ1n) is 8.52. The van der Waals surface area contributed by atoms with Gasteiger partial charge in [0.1, 0.15) is 0 Å². The summed E-state index contributed by atoms with van der Waals surface area (Å²) in [5.41, 5.74) is 2.91. The summed E-state index contributed by atoms with van der Waals surface area (Å²) in [4.78, 5) is 21.7. The number of nitrogens with one attached hydrogen (secondary N) is 2. The SMILES string of the molecule is CC.CC(=O)C(=O)Nc1ccc(C)c(C)c1.CCCNCCC. The number of Topliss-reactive ketones (excluding diaryl/α,β-unsaturated/α-hetero) is 1. The second kappa shape index (κ2) is 15.2. The molecule has 23 heavy (non-hydrogen) atoms. The molecule has 0 aliphatic carbocycles. The molecule has 0 unspecified atom stereocenters. The highest BCUT2D eigenvalue weighted by Crippen LogP contribution is 2.13. The van der Waals surface area contributed by atoms with Crippen molar-refractivity contribution in [3.63, 3.8) is 0 Å². The lowest BCUT2D eigenvalue weighted by molar-refractivity contribution is -0.133. The summed E-state index contributed by atoms with van der Waals surface area (Å²) in [6.45, 7) is 15.9. The van der Waals surface area contributed by atoms with Crippen LogP contribution in [-0.2, 0) is 9.59 Å². The molecule has 1 rings (SSSR count). The molecule has 0 atom stereocenters. The minimum atomic E-state index is -0.576. The van der Waals surface area contributed by atoms with Crippen LogP contribution >= 0.6 is 0 Å². The number of hydrogen-bond donors (Lipinski definition) is 2. The highest BCUT2D eigenvalue weighted by molar-refractivity contribution is 6.39. The van der Waals surface area contributed by atoms with E-state index in [1.165, 1.54) is 32.9 Å². The highest BCUT2D eigenvalue weighted by atomic mass is 16.2. The second-order valence-corrected chi connectivity index (χ2v) is 5.06. The zero-order valence-corrected chi connectivity index (χ0v) is 15.9. The molecule has 0 spiro atoms. The molecule has 0 radical (unpaired) electrons. The van der Waals surface area contributed by atoms with Gasteiger partial charge < -0.3 is 10.6 Å². The maximum absolute atomic E-state index is 11.0. The number of aryl methyl sites for hydroxylation is 2. The highest BCUT2D eigenvalue weighted by Gasteiger charge is 2.07. The molecule has 2 N–H and O–H groups in total. The standard InChI is InChI=1S/C11H13NO2.C6H15N.C2H6/c1-7-4-5-10(6-8(7)2)12-11(14)9(3)13;1-3-5-7-6-4-2;1-2/h4-6H,1-3H3,(H,12,14);7H,3-6H2,1-2H3;1-2H3. The van der Waals surface area contributed by atoms with Crippen LogP contribution in [0.15, 0.2) is 18.2 Å². The van der Waals surface area contributed by atoms with Crippen LogP contribution in [0.2, 0.25) is 0 Å². The van der Waals surface area contributed by atoms with Gasteiger partial charge in [0.25, 0.3) is 5.91 Å². The van der Waals surface area contributed by atoms with Crippen molar-refractivity contribution in [2.75, 3.05) is 18.4 Å². The zero-order chi connectivity index (χ0) is 18.3. The first-order valence-corrected chi connectivity index (χ1v) is 8.52. The van der Waals surface area contributed by atoms with Gasteiger partial charge in [0.15, 0.2) is 0 Å². The van der Waals surface area contributed by atoms with Gasteiger partial charge in [0, 0.05) is 12.6 Å². The fraction of sp³-hybridized carbons (Fsp3) is 0.579. The Bertz CT molecular complexity index is 453. The molecule has 0 fully saturated rings. The molecule has 0 aliphatic heterocycles. The van der Waals surface area contributed by atoms with Gasteiger partial charge in [0.05, 0.1) is 0 Å². The van der Waals surface area contributed by atoms with Gasteiger partial charge >= 0.3 is 0 Å². The van der Waals surface area contributed by atoms with Gasteiger partial charge in [-0.2, -0.15) is 0 Å². The molecule has 4 heteroatoms. The largest absolute Gasteiger partial charge is 0.319 e. The van der Waals surface area contributed by atoms with E-state index in [4.69, 9.17) is 0 Å². The Morgan fingerprint density at radius 3 is 1.87 bits per heavy atom. The Hall–Kier alpha value is -1.68. The molecular weight excluding hydrogens is 288 g/mol.